The van der Waals surface area contributed by atoms with Crippen molar-refractivity contribution in [2.75, 3.05) is 11.1 Å². The number of aryl methyl sites for hydroxylation is 2. The average Bonchev–Trinajstić information content (AvgIpc) is 3.38. The molecule has 0 spiro atoms. The molecular weight excluding hydrogens is 454 g/mol. The van der Waals surface area contributed by atoms with Gasteiger partial charge in [-0.1, -0.05) is 59.0 Å². The largest absolute Gasteiger partial charge is 0.482 e. The van der Waals surface area contributed by atoms with Crippen LogP contribution < -0.4 is 10.1 Å². The Labute approximate surface area is 200 Å². The van der Waals surface area contributed by atoms with E-state index < -0.39 is 0 Å². The molecule has 1 amide bonds. The SMILES string of the molecule is C=CCn1c(SCC(=O)Nc2nc3ccccc3s2)nnc1C(C)Oc1ccc(C)cc1C. The van der Waals surface area contributed by atoms with Crippen molar-refractivity contribution >= 4 is 44.4 Å². The van der Waals surface area contributed by atoms with Crippen LogP contribution in [0.2, 0.25) is 0 Å². The van der Waals surface area contributed by atoms with Gasteiger partial charge in [0.15, 0.2) is 22.2 Å². The first-order chi connectivity index (χ1) is 15.9. The maximum absolute atomic E-state index is 12.5. The highest BCUT2D eigenvalue weighted by Crippen LogP contribution is 2.28. The Hall–Kier alpha value is -3.17. The Morgan fingerprint density at radius 3 is 2.85 bits per heavy atom. The van der Waals surface area contributed by atoms with E-state index in [0.29, 0.717) is 22.7 Å². The van der Waals surface area contributed by atoms with Crippen LogP contribution >= 0.6 is 23.1 Å². The number of hydrogen-bond donors (Lipinski definition) is 1. The zero-order valence-electron chi connectivity index (χ0n) is 18.7. The third-order valence-electron chi connectivity index (χ3n) is 4.93. The van der Waals surface area contributed by atoms with E-state index in [4.69, 9.17) is 4.74 Å². The molecule has 170 valence electrons. The number of fused-ring (bicyclic) bond motifs is 1. The first kappa shape index (κ1) is 23.0. The summed E-state index contributed by atoms with van der Waals surface area (Å²) in [5, 5.41) is 12.7. The van der Waals surface area contributed by atoms with Crippen LogP contribution in [0.15, 0.2) is 60.3 Å². The number of amides is 1. The summed E-state index contributed by atoms with van der Waals surface area (Å²) in [6, 6.07) is 13.9. The topological polar surface area (TPSA) is 81.9 Å². The number of thioether (sulfide) groups is 1. The highest BCUT2D eigenvalue weighted by molar-refractivity contribution is 7.99. The number of carbonyl (C=O) groups is 1. The lowest BCUT2D eigenvalue weighted by molar-refractivity contribution is -0.113. The van der Waals surface area contributed by atoms with Crippen LogP contribution in [0.25, 0.3) is 10.2 Å². The maximum atomic E-state index is 12.5. The molecule has 2 aromatic carbocycles. The van der Waals surface area contributed by atoms with E-state index in [0.717, 1.165) is 21.5 Å². The number of nitrogens with one attached hydrogen (secondary N) is 1. The highest BCUT2D eigenvalue weighted by atomic mass is 32.2. The van der Waals surface area contributed by atoms with Gasteiger partial charge in [0.25, 0.3) is 0 Å². The molecule has 1 N–H and O–H groups in total. The Morgan fingerprint density at radius 2 is 2.09 bits per heavy atom. The fourth-order valence-corrected chi connectivity index (χ4v) is 5.03. The van der Waals surface area contributed by atoms with Crippen molar-refractivity contribution in [3.63, 3.8) is 0 Å². The molecule has 33 heavy (non-hydrogen) atoms. The Balaban J connectivity index is 1.43. The predicted octanol–water partition coefficient (Wildman–Crippen LogP) is 5.56. The maximum Gasteiger partial charge on any atom is 0.236 e. The molecule has 0 aliphatic carbocycles. The van der Waals surface area contributed by atoms with Gasteiger partial charge in [-0.15, -0.1) is 16.8 Å². The normalized spacial score (nSPS) is 12.0. The van der Waals surface area contributed by atoms with E-state index in [1.54, 1.807) is 6.08 Å². The van der Waals surface area contributed by atoms with Gasteiger partial charge in [0.1, 0.15) is 5.75 Å². The van der Waals surface area contributed by atoms with Crippen LogP contribution in [0, 0.1) is 13.8 Å². The fraction of sp³-hybridized carbons (Fsp3) is 0.250. The van der Waals surface area contributed by atoms with Gasteiger partial charge < -0.3 is 10.1 Å². The molecule has 9 heteroatoms. The lowest BCUT2D eigenvalue weighted by Crippen LogP contribution is -2.15. The van der Waals surface area contributed by atoms with Crippen LogP contribution in [-0.2, 0) is 11.3 Å². The molecule has 0 bridgehead atoms. The number of carbonyl (C=O) groups excluding carboxylic acids is 1. The minimum Gasteiger partial charge on any atom is -0.482 e. The van der Waals surface area contributed by atoms with E-state index in [-0.39, 0.29) is 17.8 Å². The van der Waals surface area contributed by atoms with Crippen molar-refractivity contribution < 1.29 is 9.53 Å². The molecule has 1 atom stereocenters. The number of ether oxygens (including phenoxy) is 1. The number of hydrogen-bond acceptors (Lipinski definition) is 7. The quantitative estimate of drug-likeness (QED) is 0.250. The summed E-state index contributed by atoms with van der Waals surface area (Å²) in [7, 11) is 0. The highest BCUT2D eigenvalue weighted by Gasteiger charge is 2.20. The molecule has 0 aliphatic rings. The van der Waals surface area contributed by atoms with E-state index in [9.17, 15) is 4.79 Å². The average molecular weight is 480 g/mol. The Bertz CT molecular complexity index is 1260. The third kappa shape index (κ3) is 5.43. The molecule has 2 aromatic heterocycles. The number of para-hydroxylation sites is 1. The number of aromatic nitrogens is 4. The summed E-state index contributed by atoms with van der Waals surface area (Å²) >= 11 is 2.78. The number of allylic oxidation sites excluding steroid dienone is 1. The summed E-state index contributed by atoms with van der Waals surface area (Å²) in [6.45, 7) is 10.4. The number of rotatable bonds is 9. The molecule has 4 aromatic rings. The molecule has 0 aliphatic heterocycles. The monoisotopic (exact) mass is 479 g/mol. The molecule has 0 fully saturated rings. The number of nitrogens with zero attached hydrogens (tertiary/aromatic N) is 4. The summed E-state index contributed by atoms with van der Waals surface area (Å²) in [4.78, 5) is 17.0. The zero-order chi connectivity index (χ0) is 23.4. The lowest BCUT2D eigenvalue weighted by atomic mass is 10.1. The predicted molar refractivity (Wildman–Crippen MR) is 134 cm³/mol. The van der Waals surface area contributed by atoms with E-state index >= 15 is 0 Å². The minimum atomic E-state index is -0.315. The van der Waals surface area contributed by atoms with Gasteiger partial charge in [0, 0.05) is 6.54 Å². The zero-order valence-corrected chi connectivity index (χ0v) is 20.4. The number of anilines is 1. The number of thiazole rings is 1. The van der Waals surface area contributed by atoms with Gasteiger partial charge in [-0.2, -0.15) is 0 Å². The lowest BCUT2D eigenvalue weighted by Gasteiger charge is -2.17. The summed E-state index contributed by atoms with van der Waals surface area (Å²) in [5.74, 6) is 1.54. The first-order valence-electron chi connectivity index (χ1n) is 10.5. The summed E-state index contributed by atoms with van der Waals surface area (Å²) in [5.41, 5.74) is 3.13. The van der Waals surface area contributed by atoms with Gasteiger partial charge in [-0.25, -0.2) is 4.98 Å². The van der Waals surface area contributed by atoms with Crippen molar-refractivity contribution in [2.45, 2.75) is 38.6 Å². The van der Waals surface area contributed by atoms with Crippen LogP contribution in [0.3, 0.4) is 0 Å². The molecule has 2 heterocycles. The molecule has 7 nitrogen and oxygen atoms in total. The van der Waals surface area contributed by atoms with Crippen LogP contribution in [0.1, 0.15) is 30.0 Å². The van der Waals surface area contributed by atoms with E-state index in [1.165, 1.54) is 28.7 Å². The summed E-state index contributed by atoms with van der Waals surface area (Å²) < 4.78 is 9.13. The van der Waals surface area contributed by atoms with Gasteiger partial charge in [0.05, 0.1) is 16.0 Å². The Morgan fingerprint density at radius 1 is 1.27 bits per heavy atom. The van der Waals surface area contributed by atoms with Crippen LogP contribution in [0.4, 0.5) is 5.13 Å². The van der Waals surface area contributed by atoms with Gasteiger partial charge in [0.2, 0.25) is 5.91 Å². The van der Waals surface area contributed by atoms with Crippen LogP contribution in [0.5, 0.6) is 5.75 Å². The van der Waals surface area contributed by atoms with Crippen molar-refractivity contribution in [3.05, 3.63) is 72.1 Å². The molecule has 4 rings (SSSR count). The van der Waals surface area contributed by atoms with Crippen molar-refractivity contribution in [2.24, 2.45) is 0 Å². The minimum absolute atomic E-state index is 0.145. The molecule has 0 saturated carbocycles. The van der Waals surface area contributed by atoms with Gasteiger partial charge in [-0.05, 0) is 44.5 Å². The van der Waals surface area contributed by atoms with Crippen molar-refractivity contribution in [3.8, 4) is 5.75 Å². The molecule has 0 radical (unpaired) electrons. The molecule has 0 saturated heterocycles. The number of benzene rings is 2. The van der Waals surface area contributed by atoms with Crippen LogP contribution in [-0.4, -0.2) is 31.4 Å². The first-order valence-corrected chi connectivity index (χ1v) is 12.3. The smallest absolute Gasteiger partial charge is 0.236 e. The summed E-state index contributed by atoms with van der Waals surface area (Å²) in [6.07, 6.45) is 1.46. The standard InChI is InChI=1S/C24H25N5O2S2/c1-5-12-29-22(17(4)31-19-11-10-15(2)13-16(19)3)27-28-24(29)32-14-21(30)26-23-25-18-8-6-7-9-20(18)33-23/h5-11,13,17H,1,12,14H2,2-4H3,(H,25,26,30). The second-order valence-corrected chi connectivity index (χ2v) is 9.57. The van der Waals surface area contributed by atoms with Crippen molar-refractivity contribution in [1.29, 1.82) is 0 Å². The van der Waals surface area contributed by atoms with Gasteiger partial charge in [-0.3, -0.25) is 9.36 Å². The van der Waals surface area contributed by atoms with E-state index in [2.05, 4.69) is 40.1 Å². The van der Waals surface area contributed by atoms with E-state index in [1.807, 2.05) is 54.8 Å². The van der Waals surface area contributed by atoms with Gasteiger partial charge >= 0.3 is 0 Å². The second-order valence-electron chi connectivity index (χ2n) is 7.59. The second kappa shape index (κ2) is 10.2. The Kier molecular flexibility index (Phi) is 7.10. The van der Waals surface area contributed by atoms with Crippen molar-refractivity contribution in [1.82, 2.24) is 19.7 Å². The third-order valence-corrected chi connectivity index (χ3v) is 6.85. The fourth-order valence-electron chi connectivity index (χ4n) is 3.39. The molecular formula is C24H25N5O2S2. The molecule has 1 unspecified atom stereocenters.